The van der Waals surface area contributed by atoms with Gasteiger partial charge >= 0.3 is 0 Å². The molecule has 1 aliphatic heterocycles. The van der Waals surface area contributed by atoms with E-state index in [0.29, 0.717) is 17.9 Å². The molecule has 1 saturated heterocycles. The molecule has 2 N–H and O–H groups in total. The smallest absolute Gasteiger partial charge is 0.269 e. The fourth-order valence-electron chi connectivity index (χ4n) is 2.07. The third-order valence-corrected chi connectivity index (χ3v) is 3.17. The minimum Gasteiger partial charge on any atom is -0.398 e. The van der Waals surface area contributed by atoms with Gasteiger partial charge in [0, 0.05) is 30.0 Å². The van der Waals surface area contributed by atoms with Crippen LogP contribution in [-0.4, -0.2) is 24.2 Å². The van der Waals surface area contributed by atoms with Crippen LogP contribution < -0.4 is 5.73 Å². The van der Waals surface area contributed by atoms with Gasteiger partial charge in [0.05, 0.1) is 24.2 Å². The largest absolute Gasteiger partial charge is 0.398 e. The zero-order valence-electron chi connectivity index (χ0n) is 10.7. The van der Waals surface area contributed by atoms with E-state index in [9.17, 15) is 10.1 Å². The van der Waals surface area contributed by atoms with E-state index in [1.54, 1.807) is 0 Å². The monoisotopic (exact) mass is 266 g/mol. The standard InChI is InChI=1S/C13H18N2O4/c14-13-5-4-11(15(16)17)7-10(13)8-18-9-12-3-1-2-6-19-12/h4-5,7,12H,1-3,6,8-9,14H2. The molecule has 6 nitrogen and oxygen atoms in total. The van der Waals surface area contributed by atoms with Crippen LogP contribution in [0.25, 0.3) is 0 Å². The van der Waals surface area contributed by atoms with Gasteiger partial charge in [0.2, 0.25) is 0 Å². The molecule has 0 aliphatic carbocycles. The first-order chi connectivity index (χ1) is 9.16. The number of ether oxygens (including phenoxy) is 2. The Hall–Kier alpha value is -1.66. The molecule has 1 atom stereocenters. The SMILES string of the molecule is Nc1ccc([N+](=O)[O-])cc1COCC1CCCCO1. The van der Waals surface area contributed by atoms with Gasteiger partial charge in [-0.15, -0.1) is 0 Å². The molecule has 104 valence electrons. The van der Waals surface area contributed by atoms with E-state index in [1.807, 2.05) is 0 Å². The summed E-state index contributed by atoms with van der Waals surface area (Å²) >= 11 is 0. The number of hydrogen-bond donors (Lipinski definition) is 1. The van der Waals surface area contributed by atoms with Gasteiger partial charge < -0.3 is 15.2 Å². The molecule has 19 heavy (non-hydrogen) atoms. The third-order valence-electron chi connectivity index (χ3n) is 3.17. The summed E-state index contributed by atoms with van der Waals surface area (Å²) in [7, 11) is 0. The summed E-state index contributed by atoms with van der Waals surface area (Å²) < 4.78 is 11.1. The van der Waals surface area contributed by atoms with E-state index in [-0.39, 0.29) is 18.4 Å². The van der Waals surface area contributed by atoms with E-state index in [0.717, 1.165) is 25.9 Å². The van der Waals surface area contributed by atoms with Crippen molar-refractivity contribution in [3.8, 4) is 0 Å². The van der Waals surface area contributed by atoms with Crippen molar-refractivity contribution in [1.82, 2.24) is 0 Å². The van der Waals surface area contributed by atoms with Crippen LogP contribution in [0.5, 0.6) is 0 Å². The first kappa shape index (κ1) is 13.8. The average molecular weight is 266 g/mol. The summed E-state index contributed by atoms with van der Waals surface area (Å²) in [6, 6.07) is 4.38. The van der Waals surface area contributed by atoms with Crippen molar-refractivity contribution in [2.24, 2.45) is 0 Å². The molecule has 2 rings (SSSR count). The lowest BCUT2D eigenvalue weighted by Crippen LogP contribution is -2.24. The van der Waals surface area contributed by atoms with Crippen LogP contribution >= 0.6 is 0 Å². The predicted molar refractivity (Wildman–Crippen MR) is 70.8 cm³/mol. The lowest BCUT2D eigenvalue weighted by molar-refractivity contribution is -0.384. The van der Waals surface area contributed by atoms with Gasteiger partial charge in [0.1, 0.15) is 0 Å². The quantitative estimate of drug-likeness (QED) is 0.501. The van der Waals surface area contributed by atoms with E-state index >= 15 is 0 Å². The van der Waals surface area contributed by atoms with Gasteiger partial charge in [-0.3, -0.25) is 10.1 Å². The van der Waals surface area contributed by atoms with Gasteiger partial charge in [-0.1, -0.05) is 0 Å². The number of nitrogen functional groups attached to an aromatic ring is 1. The Balaban J connectivity index is 1.87. The second kappa shape index (κ2) is 6.49. The average Bonchev–Trinajstić information content (AvgIpc) is 2.42. The molecular formula is C13H18N2O4. The Morgan fingerprint density at radius 1 is 1.47 bits per heavy atom. The van der Waals surface area contributed by atoms with Crippen LogP contribution in [0.1, 0.15) is 24.8 Å². The van der Waals surface area contributed by atoms with Crippen LogP contribution in [-0.2, 0) is 16.1 Å². The van der Waals surface area contributed by atoms with Crippen molar-refractivity contribution in [3.05, 3.63) is 33.9 Å². The molecule has 1 heterocycles. The highest BCUT2D eigenvalue weighted by atomic mass is 16.6. The fourth-order valence-corrected chi connectivity index (χ4v) is 2.07. The van der Waals surface area contributed by atoms with Crippen molar-refractivity contribution >= 4 is 11.4 Å². The van der Waals surface area contributed by atoms with E-state index in [4.69, 9.17) is 15.2 Å². The maximum atomic E-state index is 10.7. The number of hydrogen-bond acceptors (Lipinski definition) is 5. The summed E-state index contributed by atoms with van der Waals surface area (Å²) in [5, 5.41) is 10.7. The minimum atomic E-state index is -0.437. The Morgan fingerprint density at radius 2 is 2.32 bits per heavy atom. The zero-order valence-corrected chi connectivity index (χ0v) is 10.7. The summed E-state index contributed by atoms with van der Waals surface area (Å²) in [6.07, 6.45) is 3.40. The first-order valence-electron chi connectivity index (χ1n) is 6.39. The number of non-ortho nitro benzene ring substituents is 1. The Morgan fingerprint density at radius 3 is 3.00 bits per heavy atom. The molecular weight excluding hydrogens is 248 g/mol. The second-order valence-corrected chi connectivity index (χ2v) is 4.64. The van der Waals surface area contributed by atoms with Crippen LogP contribution in [0.3, 0.4) is 0 Å². The van der Waals surface area contributed by atoms with Crippen molar-refractivity contribution in [2.75, 3.05) is 18.9 Å². The highest BCUT2D eigenvalue weighted by Gasteiger charge is 2.14. The molecule has 0 spiro atoms. The van der Waals surface area contributed by atoms with Gasteiger partial charge in [-0.2, -0.15) is 0 Å². The van der Waals surface area contributed by atoms with Gasteiger partial charge in [0.15, 0.2) is 0 Å². The molecule has 0 saturated carbocycles. The molecule has 1 aromatic carbocycles. The van der Waals surface area contributed by atoms with Crippen molar-refractivity contribution in [2.45, 2.75) is 32.0 Å². The predicted octanol–water partition coefficient (Wildman–Crippen LogP) is 2.26. The van der Waals surface area contributed by atoms with Crippen LogP contribution in [0.2, 0.25) is 0 Å². The molecule has 0 bridgehead atoms. The molecule has 6 heteroatoms. The van der Waals surface area contributed by atoms with Gasteiger partial charge in [-0.25, -0.2) is 0 Å². The van der Waals surface area contributed by atoms with E-state index in [1.165, 1.54) is 18.2 Å². The molecule has 0 radical (unpaired) electrons. The summed E-state index contributed by atoms with van der Waals surface area (Å²) in [4.78, 5) is 10.3. The molecule has 1 unspecified atom stereocenters. The minimum absolute atomic E-state index is 0.0294. The summed E-state index contributed by atoms with van der Waals surface area (Å²) in [6.45, 7) is 1.56. The zero-order chi connectivity index (χ0) is 13.7. The van der Waals surface area contributed by atoms with E-state index in [2.05, 4.69) is 0 Å². The molecule has 0 amide bonds. The second-order valence-electron chi connectivity index (χ2n) is 4.64. The molecule has 1 fully saturated rings. The Kier molecular flexibility index (Phi) is 4.70. The number of anilines is 1. The highest BCUT2D eigenvalue weighted by molar-refractivity contribution is 5.52. The normalized spacial score (nSPS) is 19.3. The summed E-state index contributed by atoms with van der Waals surface area (Å²) in [5.74, 6) is 0. The first-order valence-corrected chi connectivity index (χ1v) is 6.39. The van der Waals surface area contributed by atoms with Crippen molar-refractivity contribution < 1.29 is 14.4 Å². The summed E-state index contributed by atoms with van der Waals surface area (Å²) in [5.41, 5.74) is 6.96. The fraction of sp³-hybridized carbons (Fsp3) is 0.538. The van der Waals surface area contributed by atoms with E-state index < -0.39 is 4.92 Å². The van der Waals surface area contributed by atoms with Crippen LogP contribution in [0.15, 0.2) is 18.2 Å². The number of rotatable bonds is 5. The van der Waals surface area contributed by atoms with Crippen LogP contribution in [0, 0.1) is 10.1 Å². The highest BCUT2D eigenvalue weighted by Crippen LogP contribution is 2.21. The number of nitro groups is 1. The number of nitro benzene ring substituents is 1. The maximum absolute atomic E-state index is 10.7. The lowest BCUT2D eigenvalue weighted by atomic mass is 10.1. The Bertz CT molecular complexity index is 444. The molecule has 1 aliphatic rings. The lowest BCUT2D eigenvalue weighted by Gasteiger charge is -2.22. The maximum Gasteiger partial charge on any atom is 0.269 e. The topological polar surface area (TPSA) is 87.6 Å². The van der Waals surface area contributed by atoms with Gasteiger partial charge in [-0.05, 0) is 25.3 Å². The number of nitrogens with two attached hydrogens (primary N) is 1. The third kappa shape index (κ3) is 3.90. The molecule has 0 aromatic heterocycles. The van der Waals surface area contributed by atoms with Gasteiger partial charge in [0.25, 0.3) is 5.69 Å². The van der Waals surface area contributed by atoms with Crippen molar-refractivity contribution in [3.63, 3.8) is 0 Å². The van der Waals surface area contributed by atoms with Crippen molar-refractivity contribution in [1.29, 1.82) is 0 Å². The number of benzene rings is 1. The number of nitrogens with zero attached hydrogens (tertiary/aromatic N) is 1. The van der Waals surface area contributed by atoms with Crippen LogP contribution in [0.4, 0.5) is 11.4 Å². The molecule has 1 aromatic rings. The Labute approximate surface area is 111 Å².